The van der Waals surface area contributed by atoms with E-state index in [1.165, 1.54) is 5.56 Å². The second-order valence-electron chi connectivity index (χ2n) is 4.12. The molecule has 0 aliphatic rings. The lowest BCUT2D eigenvalue weighted by atomic mass is 9.87. The lowest BCUT2D eigenvalue weighted by Crippen LogP contribution is -2.56. The Balaban J connectivity index is 3.10. The topological polar surface area (TPSA) is 39.7 Å². The second-order valence-corrected chi connectivity index (χ2v) is 4.98. The molecule has 2 nitrogen and oxygen atoms in total. The minimum absolute atomic E-state index is 0.197. The predicted octanol–water partition coefficient (Wildman–Crippen LogP) is 2.32. The van der Waals surface area contributed by atoms with Crippen molar-refractivity contribution in [2.45, 2.75) is 26.2 Å². The number of hydrogen-bond donors (Lipinski definition) is 2. The van der Waals surface area contributed by atoms with Gasteiger partial charge in [0.25, 0.3) is 0 Å². The largest absolute Gasteiger partial charge is 0.258 e. The molecule has 0 saturated heterocycles. The first-order chi connectivity index (χ1) is 5.95. The molecule has 72 valence electrons. The quantitative estimate of drug-likeness (QED) is 0.731. The first-order valence-electron chi connectivity index (χ1n) is 4.28. The molecule has 1 aromatic rings. The van der Waals surface area contributed by atoms with E-state index in [4.69, 9.17) is 0 Å². The van der Waals surface area contributed by atoms with Crippen LogP contribution in [0.25, 0.3) is 0 Å². The molecule has 0 aliphatic carbocycles. The summed E-state index contributed by atoms with van der Waals surface area (Å²) in [5.74, 6) is 3.63. The van der Waals surface area contributed by atoms with Gasteiger partial charge >= 0.3 is 0 Å². The zero-order valence-electron chi connectivity index (χ0n) is 8.32. The third kappa shape index (κ3) is 2.45. The average molecular weight is 244 g/mol. The summed E-state index contributed by atoms with van der Waals surface area (Å²) >= 11 is 3.50. The number of nitrogens with one attached hydrogen (secondary N) is 1. The SMILES string of the molecule is CC(C)(C)c1ccc(N[NH3+])c(Br)c1. The minimum Gasteiger partial charge on any atom is -0.258 e. The smallest absolute Gasteiger partial charge is 0.0989 e. The molecule has 0 unspecified atom stereocenters. The Kier molecular flexibility index (Phi) is 2.98. The normalized spacial score (nSPS) is 11.5. The Labute approximate surface area is 87.6 Å². The maximum absolute atomic E-state index is 3.63. The fourth-order valence-electron chi connectivity index (χ4n) is 1.12. The van der Waals surface area contributed by atoms with E-state index in [0.717, 1.165) is 10.2 Å². The molecular formula is C10H16BrN2+. The number of benzene rings is 1. The van der Waals surface area contributed by atoms with Gasteiger partial charge < -0.3 is 0 Å². The van der Waals surface area contributed by atoms with Crippen LogP contribution in [-0.4, -0.2) is 0 Å². The molecule has 0 aromatic heterocycles. The Morgan fingerprint density at radius 1 is 1.31 bits per heavy atom. The molecule has 0 radical (unpaired) electrons. The van der Waals surface area contributed by atoms with Gasteiger partial charge in [-0.2, -0.15) is 0 Å². The summed E-state index contributed by atoms with van der Waals surface area (Å²) in [5.41, 5.74) is 5.41. The molecule has 0 fully saturated rings. The molecule has 0 amide bonds. The van der Waals surface area contributed by atoms with Gasteiger partial charge in [-0.05, 0) is 39.0 Å². The van der Waals surface area contributed by atoms with Crippen LogP contribution in [0.5, 0.6) is 0 Å². The van der Waals surface area contributed by atoms with Gasteiger partial charge in [-0.3, -0.25) is 5.84 Å². The highest BCUT2D eigenvalue weighted by Gasteiger charge is 2.14. The molecule has 13 heavy (non-hydrogen) atoms. The number of quaternary nitrogens is 1. The summed E-state index contributed by atoms with van der Waals surface area (Å²) in [4.78, 5) is 0. The molecule has 0 atom stereocenters. The van der Waals surface area contributed by atoms with Crippen LogP contribution in [0.2, 0.25) is 0 Å². The van der Waals surface area contributed by atoms with Crippen molar-refractivity contribution in [3.63, 3.8) is 0 Å². The lowest BCUT2D eigenvalue weighted by molar-refractivity contribution is -0.325. The van der Waals surface area contributed by atoms with Crippen molar-refractivity contribution in [3.8, 4) is 0 Å². The van der Waals surface area contributed by atoms with E-state index in [1.807, 2.05) is 6.07 Å². The maximum atomic E-state index is 3.63. The first-order valence-corrected chi connectivity index (χ1v) is 5.07. The predicted molar refractivity (Wildman–Crippen MR) is 59.4 cm³/mol. The van der Waals surface area contributed by atoms with Gasteiger partial charge in [0.2, 0.25) is 0 Å². The van der Waals surface area contributed by atoms with Crippen molar-refractivity contribution in [2.75, 3.05) is 5.43 Å². The molecular weight excluding hydrogens is 228 g/mol. The highest BCUT2D eigenvalue weighted by molar-refractivity contribution is 9.10. The number of halogens is 1. The third-order valence-electron chi connectivity index (χ3n) is 2.03. The van der Waals surface area contributed by atoms with Gasteiger partial charge in [0.1, 0.15) is 0 Å². The zero-order valence-corrected chi connectivity index (χ0v) is 9.90. The standard InChI is InChI=1S/C10H15BrN2/c1-10(2,3)7-4-5-9(13-12)8(11)6-7/h4-6,13H,12H2,1-3H3/p+1. The van der Waals surface area contributed by atoms with Crippen molar-refractivity contribution >= 4 is 21.6 Å². The summed E-state index contributed by atoms with van der Waals surface area (Å²) in [6.07, 6.45) is 0. The van der Waals surface area contributed by atoms with Gasteiger partial charge in [0.15, 0.2) is 0 Å². The number of rotatable bonds is 1. The average Bonchev–Trinajstić information content (AvgIpc) is 2.02. The van der Waals surface area contributed by atoms with Crippen LogP contribution in [-0.2, 0) is 5.41 Å². The van der Waals surface area contributed by atoms with Gasteiger partial charge in [-0.1, -0.05) is 26.8 Å². The van der Waals surface area contributed by atoms with Gasteiger partial charge in [-0.25, -0.2) is 5.43 Å². The molecule has 0 heterocycles. The molecule has 4 N–H and O–H groups in total. The van der Waals surface area contributed by atoms with Crippen LogP contribution >= 0.6 is 15.9 Å². The summed E-state index contributed by atoms with van der Waals surface area (Å²) in [7, 11) is 0. The molecule has 0 bridgehead atoms. The summed E-state index contributed by atoms with van der Waals surface area (Å²) in [6.45, 7) is 6.60. The maximum Gasteiger partial charge on any atom is 0.0989 e. The second kappa shape index (κ2) is 3.68. The monoisotopic (exact) mass is 243 g/mol. The molecule has 0 saturated carbocycles. The van der Waals surface area contributed by atoms with E-state index in [0.29, 0.717) is 0 Å². The van der Waals surface area contributed by atoms with Crippen molar-refractivity contribution in [2.24, 2.45) is 0 Å². The van der Waals surface area contributed by atoms with Crippen molar-refractivity contribution < 1.29 is 5.84 Å². The van der Waals surface area contributed by atoms with E-state index < -0.39 is 0 Å². The summed E-state index contributed by atoms with van der Waals surface area (Å²) in [6, 6.07) is 6.30. The Morgan fingerprint density at radius 3 is 2.31 bits per heavy atom. The Hall–Kier alpha value is -0.540. The molecule has 1 aromatic carbocycles. The van der Waals surface area contributed by atoms with Crippen LogP contribution in [0, 0.1) is 0 Å². The van der Waals surface area contributed by atoms with E-state index in [1.54, 1.807) is 0 Å². The molecule has 0 aliphatic heterocycles. The van der Waals surface area contributed by atoms with Crippen LogP contribution in [0.4, 0.5) is 5.69 Å². The van der Waals surface area contributed by atoms with Gasteiger partial charge in [0.05, 0.1) is 5.69 Å². The van der Waals surface area contributed by atoms with Crippen LogP contribution in [0.3, 0.4) is 0 Å². The first kappa shape index (κ1) is 10.5. The number of anilines is 1. The Bertz CT molecular complexity index is 302. The molecule has 0 spiro atoms. The van der Waals surface area contributed by atoms with E-state index in [-0.39, 0.29) is 5.41 Å². The van der Waals surface area contributed by atoms with E-state index in [9.17, 15) is 0 Å². The van der Waals surface area contributed by atoms with Gasteiger partial charge in [-0.15, -0.1) is 0 Å². The van der Waals surface area contributed by atoms with Gasteiger partial charge in [0, 0.05) is 4.47 Å². The van der Waals surface area contributed by atoms with Crippen LogP contribution in [0.1, 0.15) is 26.3 Å². The van der Waals surface area contributed by atoms with Crippen LogP contribution < -0.4 is 11.3 Å². The summed E-state index contributed by atoms with van der Waals surface area (Å²) < 4.78 is 1.06. The van der Waals surface area contributed by atoms with E-state index in [2.05, 4.69) is 60.1 Å². The highest BCUT2D eigenvalue weighted by Crippen LogP contribution is 2.29. The zero-order chi connectivity index (χ0) is 10.1. The fourth-order valence-corrected chi connectivity index (χ4v) is 1.64. The highest BCUT2D eigenvalue weighted by atomic mass is 79.9. The lowest BCUT2D eigenvalue weighted by Gasteiger charge is -2.19. The number of hydrogen-bond acceptors (Lipinski definition) is 1. The van der Waals surface area contributed by atoms with Crippen molar-refractivity contribution in [1.29, 1.82) is 0 Å². The third-order valence-corrected chi connectivity index (χ3v) is 2.68. The minimum atomic E-state index is 0.197. The van der Waals surface area contributed by atoms with Crippen LogP contribution in [0.15, 0.2) is 22.7 Å². The fraction of sp³-hybridized carbons (Fsp3) is 0.400. The van der Waals surface area contributed by atoms with E-state index >= 15 is 0 Å². The Morgan fingerprint density at radius 2 is 1.92 bits per heavy atom. The molecule has 3 heteroatoms. The summed E-state index contributed by atoms with van der Waals surface area (Å²) in [5, 5.41) is 0. The van der Waals surface area contributed by atoms with Crippen molar-refractivity contribution in [1.82, 2.24) is 0 Å². The van der Waals surface area contributed by atoms with Crippen molar-refractivity contribution in [3.05, 3.63) is 28.2 Å². The molecule has 1 rings (SSSR count).